The number of hydrogen-bond acceptors (Lipinski definition) is 6. The summed E-state index contributed by atoms with van der Waals surface area (Å²) in [6.45, 7) is 0. The van der Waals surface area contributed by atoms with Crippen LogP contribution in [0.5, 0.6) is 11.6 Å². The van der Waals surface area contributed by atoms with Gasteiger partial charge in [-0.3, -0.25) is 14.6 Å². The van der Waals surface area contributed by atoms with Crippen molar-refractivity contribution >= 4 is 24.2 Å². The second-order valence-electron chi connectivity index (χ2n) is 7.18. The molecule has 4 rings (SSSR count). The summed E-state index contributed by atoms with van der Waals surface area (Å²) < 4.78 is 26.1. The Bertz CT molecular complexity index is 1300. The highest BCUT2D eigenvalue weighted by Crippen LogP contribution is 2.39. The molecule has 2 heterocycles. The summed E-state index contributed by atoms with van der Waals surface area (Å²) >= 11 is 6.69. The summed E-state index contributed by atoms with van der Waals surface area (Å²) in [6, 6.07) is 14.5. The van der Waals surface area contributed by atoms with Gasteiger partial charge >= 0.3 is 0 Å². The van der Waals surface area contributed by atoms with Gasteiger partial charge in [-0.1, -0.05) is 29.8 Å². The number of hydrogen-bond donors (Lipinski definition) is 0. The van der Waals surface area contributed by atoms with Gasteiger partial charge in [0.2, 0.25) is 5.88 Å². The van der Waals surface area contributed by atoms with Crippen molar-refractivity contribution in [3.8, 4) is 45.3 Å². The average molecular weight is 477 g/mol. The Hall–Kier alpha value is -4.10. The SMILES string of the molecule is COc1cc(-c2nccc(-c3cccc(-c4ccc(C=O)c(OC)n4)c3F)c2Cl)ccc1C=O. The molecule has 0 saturated heterocycles. The van der Waals surface area contributed by atoms with Crippen molar-refractivity contribution < 1.29 is 23.5 Å². The zero-order chi connectivity index (χ0) is 24.2. The van der Waals surface area contributed by atoms with Gasteiger partial charge < -0.3 is 9.47 Å². The molecule has 0 atom stereocenters. The van der Waals surface area contributed by atoms with Crippen molar-refractivity contribution in [3.63, 3.8) is 0 Å². The number of nitrogens with zero attached hydrogens (tertiary/aromatic N) is 2. The van der Waals surface area contributed by atoms with E-state index in [1.54, 1.807) is 48.5 Å². The normalized spacial score (nSPS) is 10.6. The number of pyridine rings is 2. The molecule has 2 aromatic heterocycles. The van der Waals surface area contributed by atoms with Crippen LogP contribution in [-0.2, 0) is 0 Å². The molecular formula is C26H18ClFN2O4. The van der Waals surface area contributed by atoms with E-state index in [4.69, 9.17) is 21.1 Å². The maximum absolute atomic E-state index is 15.7. The number of benzene rings is 2. The smallest absolute Gasteiger partial charge is 0.224 e. The number of rotatable bonds is 7. The van der Waals surface area contributed by atoms with Crippen LogP contribution in [0.25, 0.3) is 33.6 Å². The van der Waals surface area contributed by atoms with Crippen molar-refractivity contribution in [2.24, 2.45) is 0 Å². The topological polar surface area (TPSA) is 78.4 Å². The van der Waals surface area contributed by atoms with E-state index in [2.05, 4.69) is 9.97 Å². The monoisotopic (exact) mass is 476 g/mol. The van der Waals surface area contributed by atoms with Crippen molar-refractivity contribution in [1.82, 2.24) is 9.97 Å². The van der Waals surface area contributed by atoms with Crippen LogP contribution in [0.3, 0.4) is 0 Å². The van der Waals surface area contributed by atoms with Gasteiger partial charge in [0.25, 0.3) is 0 Å². The summed E-state index contributed by atoms with van der Waals surface area (Å²) in [4.78, 5) is 31.0. The Morgan fingerprint density at radius 2 is 1.62 bits per heavy atom. The molecule has 2 aromatic carbocycles. The fourth-order valence-corrected chi connectivity index (χ4v) is 3.92. The minimum absolute atomic E-state index is 0.106. The van der Waals surface area contributed by atoms with Crippen LogP contribution in [0.1, 0.15) is 20.7 Å². The molecule has 0 aliphatic rings. The third-order valence-electron chi connectivity index (χ3n) is 5.30. The first-order chi connectivity index (χ1) is 16.5. The predicted molar refractivity (Wildman–Crippen MR) is 127 cm³/mol. The Morgan fingerprint density at radius 1 is 0.882 bits per heavy atom. The van der Waals surface area contributed by atoms with E-state index < -0.39 is 5.82 Å². The van der Waals surface area contributed by atoms with Gasteiger partial charge in [-0.25, -0.2) is 9.37 Å². The first-order valence-corrected chi connectivity index (χ1v) is 10.5. The minimum atomic E-state index is -0.538. The van der Waals surface area contributed by atoms with E-state index in [9.17, 15) is 9.59 Å². The third kappa shape index (κ3) is 4.13. The maximum Gasteiger partial charge on any atom is 0.224 e. The molecule has 0 bridgehead atoms. The molecule has 170 valence electrons. The van der Waals surface area contributed by atoms with Crippen molar-refractivity contribution in [3.05, 3.63) is 82.8 Å². The van der Waals surface area contributed by atoms with Gasteiger partial charge in [0, 0.05) is 28.5 Å². The highest BCUT2D eigenvalue weighted by atomic mass is 35.5. The fraction of sp³-hybridized carbons (Fsp3) is 0.0769. The Morgan fingerprint density at radius 3 is 2.32 bits per heavy atom. The lowest BCUT2D eigenvalue weighted by molar-refractivity contribution is 0.111. The Labute approximate surface area is 200 Å². The summed E-state index contributed by atoms with van der Waals surface area (Å²) in [5, 5.41) is 0.237. The zero-order valence-corrected chi connectivity index (χ0v) is 19.0. The van der Waals surface area contributed by atoms with Gasteiger partial charge in [-0.05, 0) is 36.4 Å². The first-order valence-electron chi connectivity index (χ1n) is 10.1. The maximum atomic E-state index is 15.7. The fourth-order valence-electron chi connectivity index (χ4n) is 3.60. The third-order valence-corrected chi connectivity index (χ3v) is 5.68. The van der Waals surface area contributed by atoms with Crippen molar-refractivity contribution in [2.75, 3.05) is 14.2 Å². The molecule has 0 spiro atoms. The number of carbonyl (C=O) groups excluding carboxylic acids is 2. The minimum Gasteiger partial charge on any atom is -0.496 e. The summed E-state index contributed by atoms with van der Waals surface area (Å²) in [5.41, 5.74) is 2.89. The molecule has 34 heavy (non-hydrogen) atoms. The number of methoxy groups -OCH3 is 2. The first kappa shape index (κ1) is 23.1. The van der Waals surface area contributed by atoms with Gasteiger partial charge in [0.1, 0.15) is 11.6 Å². The lowest BCUT2D eigenvalue weighted by atomic mass is 9.98. The van der Waals surface area contributed by atoms with Crippen molar-refractivity contribution in [2.45, 2.75) is 0 Å². The molecule has 0 fully saturated rings. The number of halogens is 2. The summed E-state index contributed by atoms with van der Waals surface area (Å²) in [7, 11) is 2.85. The molecule has 0 amide bonds. The molecule has 0 unspecified atom stereocenters. The van der Waals surface area contributed by atoms with Crippen LogP contribution in [0.4, 0.5) is 4.39 Å². The molecule has 0 aliphatic carbocycles. The quantitative estimate of drug-likeness (QED) is 0.308. The van der Waals surface area contributed by atoms with Gasteiger partial charge in [0.05, 0.1) is 41.8 Å². The van der Waals surface area contributed by atoms with E-state index in [0.29, 0.717) is 46.4 Å². The van der Waals surface area contributed by atoms with Crippen LogP contribution in [0.15, 0.2) is 60.8 Å². The van der Waals surface area contributed by atoms with Gasteiger partial charge in [-0.15, -0.1) is 0 Å². The molecule has 8 heteroatoms. The van der Waals surface area contributed by atoms with Gasteiger partial charge in [-0.2, -0.15) is 0 Å². The van der Waals surface area contributed by atoms with E-state index in [1.165, 1.54) is 26.5 Å². The van der Waals surface area contributed by atoms with Crippen LogP contribution in [0, 0.1) is 5.82 Å². The highest BCUT2D eigenvalue weighted by Gasteiger charge is 2.19. The number of carbonyl (C=O) groups is 2. The van der Waals surface area contributed by atoms with Crippen LogP contribution >= 0.6 is 11.6 Å². The average Bonchev–Trinajstić information content (AvgIpc) is 2.88. The van der Waals surface area contributed by atoms with Crippen LogP contribution in [0.2, 0.25) is 5.02 Å². The van der Waals surface area contributed by atoms with E-state index in [-0.39, 0.29) is 27.6 Å². The second-order valence-corrected chi connectivity index (χ2v) is 7.55. The van der Waals surface area contributed by atoms with E-state index in [1.807, 2.05) is 0 Å². The largest absolute Gasteiger partial charge is 0.496 e. The molecular weight excluding hydrogens is 459 g/mol. The Kier molecular flexibility index (Phi) is 6.65. The van der Waals surface area contributed by atoms with E-state index >= 15 is 4.39 Å². The predicted octanol–water partition coefficient (Wildman–Crippen LogP) is 5.91. The molecule has 4 aromatic rings. The molecule has 6 nitrogen and oxygen atoms in total. The number of ether oxygens (including phenoxy) is 2. The number of aromatic nitrogens is 2. The summed E-state index contributed by atoms with van der Waals surface area (Å²) in [6.07, 6.45) is 2.85. The molecule has 0 saturated carbocycles. The van der Waals surface area contributed by atoms with Crippen molar-refractivity contribution in [1.29, 1.82) is 0 Å². The van der Waals surface area contributed by atoms with Gasteiger partial charge in [0.15, 0.2) is 12.6 Å². The lowest BCUT2D eigenvalue weighted by Gasteiger charge is -2.13. The molecule has 0 N–H and O–H groups in total. The number of aldehydes is 2. The lowest BCUT2D eigenvalue weighted by Crippen LogP contribution is -1.98. The molecule has 0 radical (unpaired) electrons. The van der Waals surface area contributed by atoms with Crippen LogP contribution < -0.4 is 9.47 Å². The molecule has 0 aliphatic heterocycles. The summed E-state index contributed by atoms with van der Waals surface area (Å²) in [5.74, 6) is -0.0548. The van der Waals surface area contributed by atoms with Crippen LogP contribution in [-0.4, -0.2) is 36.8 Å². The zero-order valence-electron chi connectivity index (χ0n) is 18.2. The second kappa shape index (κ2) is 9.80. The standard InChI is InChI=1S/C26H18ClFN2O4/c1-33-22-12-15(6-7-16(22)13-31)25-23(27)18(10-11-29-25)19-4-3-5-20(24(19)28)21-9-8-17(14-32)26(30-21)34-2/h3-14H,1-2H3. The van der Waals surface area contributed by atoms with E-state index in [0.717, 1.165) is 0 Å². The highest BCUT2D eigenvalue weighted by molar-refractivity contribution is 6.35. The Balaban J connectivity index is 1.83.